The van der Waals surface area contributed by atoms with Gasteiger partial charge in [-0.1, -0.05) is 15.9 Å². The first-order valence-electron chi connectivity index (χ1n) is 4.62. The molecule has 0 bridgehead atoms. The van der Waals surface area contributed by atoms with E-state index in [4.69, 9.17) is 0 Å². The molecule has 1 heterocycles. The zero-order valence-corrected chi connectivity index (χ0v) is 9.92. The molecule has 0 aliphatic heterocycles. The SMILES string of the molecule is CC(CCBr)NC(=O)c1ccc(F)cn1. The van der Waals surface area contributed by atoms with Crippen molar-refractivity contribution < 1.29 is 9.18 Å². The van der Waals surface area contributed by atoms with E-state index in [0.717, 1.165) is 17.9 Å². The van der Waals surface area contributed by atoms with Gasteiger partial charge in [0.2, 0.25) is 0 Å². The van der Waals surface area contributed by atoms with E-state index in [2.05, 4.69) is 26.2 Å². The Labute approximate surface area is 96.2 Å². The fourth-order valence-electron chi connectivity index (χ4n) is 1.04. The van der Waals surface area contributed by atoms with Gasteiger partial charge in [0.15, 0.2) is 0 Å². The second-order valence-electron chi connectivity index (χ2n) is 3.21. The summed E-state index contributed by atoms with van der Waals surface area (Å²) in [5.74, 6) is -0.719. The second kappa shape index (κ2) is 5.80. The summed E-state index contributed by atoms with van der Waals surface area (Å²) in [6.45, 7) is 1.91. The number of nitrogens with zero attached hydrogens (tertiary/aromatic N) is 1. The van der Waals surface area contributed by atoms with E-state index in [1.54, 1.807) is 0 Å². The standard InChI is InChI=1S/C10H12BrFN2O/c1-7(4-5-11)14-10(15)9-3-2-8(12)6-13-9/h2-3,6-7H,4-5H2,1H3,(H,14,15). The molecule has 1 N–H and O–H groups in total. The van der Waals surface area contributed by atoms with Gasteiger partial charge >= 0.3 is 0 Å². The van der Waals surface area contributed by atoms with Crippen LogP contribution < -0.4 is 5.32 Å². The average molecular weight is 275 g/mol. The molecule has 0 spiro atoms. The Morgan fingerprint density at radius 3 is 2.93 bits per heavy atom. The number of amides is 1. The molecule has 0 aromatic carbocycles. The molecule has 1 aromatic heterocycles. The van der Waals surface area contributed by atoms with E-state index in [1.807, 2.05) is 6.92 Å². The third-order valence-corrected chi connectivity index (χ3v) is 2.34. The molecule has 1 atom stereocenters. The number of carbonyl (C=O) groups is 1. The Balaban J connectivity index is 2.57. The predicted molar refractivity (Wildman–Crippen MR) is 59.5 cm³/mol. The fraction of sp³-hybridized carbons (Fsp3) is 0.400. The van der Waals surface area contributed by atoms with Gasteiger partial charge in [0.05, 0.1) is 6.20 Å². The van der Waals surface area contributed by atoms with E-state index in [1.165, 1.54) is 12.1 Å². The number of nitrogens with one attached hydrogen (secondary N) is 1. The van der Waals surface area contributed by atoms with Gasteiger partial charge in [-0.05, 0) is 25.5 Å². The van der Waals surface area contributed by atoms with Gasteiger partial charge in [0.25, 0.3) is 5.91 Å². The molecule has 1 rings (SSSR count). The van der Waals surface area contributed by atoms with Crippen LogP contribution in [0.25, 0.3) is 0 Å². The highest BCUT2D eigenvalue weighted by Crippen LogP contribution is 2.00. The lowest BCUT2D eigenvalue weighted by Gasteiger charge is -2.11. The summed E-state index contributed by atoms with van der Waals surface area (Å²) in [4.78, 5) is 15.2. The molecule has 0 aliphatic rings. The van der Waals surface area contributed by atoms with Crippen LogP contribution in [0, 0.1) is 5.82 Å². The molecule has 3 nitrogen and oxygen atoms in total. The first kappa shape index (κ1) is 12.1. The Morgan fingerprint density at radius 2 is 2.40 bits per heavy atom. The fourth-order valence-corrected chi connectivity index (χ4v) is 1.73. The van der Waals surface area contributed by atoms with Crippen molar-refractivity contribution in [3.05, 3.63) is 29.8 Å². The first-order chi connectivity index (χ1) is 7.13. The minimum Gasteiger partial charge on any atom is -0.348 e. The molecule has 1 amide bonds. The van der Waals surface area contributed by atoms with E-state index in [-0.39, 0.29) is 17.6 Å². The summed E-state index contributed by atoms with van der Waals surface area (Å²) < 4.78 is 12.5. The molecule has 0 saturated carbocycles. The lowest BCUT2D eigenvalue weighted by Crippen LogP contribution is -2.33. The molecule has 15 heavy (non-hydrogen) atoms. The lowest BCUT2D eigenvalue weighted by molar-refractivity contribution is 0.0934. The Bertz CT molecular complexity index is 329. The van der Waals surface area contributed by atoms with Gasteiger partial charge in [0.1, 0.15) is 11.5 Å². The van der Waals surface area contributed by atoms with Gasteiger partial charge in [-0.3, -0.25) is 4.79 Å². The molecule has 0 aliphatic carbocycles. The maximum Gasteiger partial charge on any atom is 0.270 e. The van der Waals surface area contributed by atoms with Crippen molar-refractivity contribution in [2.45, 2.75) is 19.4 Å². The summed E-state index contributed by atoms with van der Waals surface area (Å²) in [6.07, 6.45) is 1.87. The summed E-state index contributed by atoms with van der Waals surface area (Å²) in [7, 11) is 0. The zero-order chi connectivity index (χ0) is 11.3. The molecule has 0 fully saturated rings. The normalized spacial score (nSPS) is 12.2. The summed E-state index contributed by atoms with van der Waals surface area (Å²) in [5, 5.41) is 3.59. The van der Waals surface area contributed by atoms with E-state index >= 15 is 0 Å². The largest absolute Gasteiger partial charge is 0.348 e. The Hall–Kier alpha value is -0.970. The van der Waals surface area contributed by atoms with Crippen molar-refractivity contribution >= 4 is 21.8 Å². The molecule has 1 unspecified atom stereocenters. The van der Waals surface area contributed by atoms with Crippen LogP contribution in [0.2, 0.25) is 0 Å². The molecule has 82 valence electrons. The van der Waals surface area contributed by atoms with Crippen molar-refractivity contribution in [3.63, 3.8) is 0 Å². The van der Waals surface area contributed by atoms with Crippen LogP contribution in [0.1, 0.15) is 23.8 Å². The van der Waals surface area contributed by atoms with Gasteiger partial charge in [-0.2, -0.15) is 0 Å². The number of halogens is 2. The molecule has 0 radical (unpaired) electrons. The predicted octanol–water partition coefficient (Wildman–Crippen LogP) is 2.12. The van der Waals surface area contributed by atoms with Crippen LogP contribution in [-0.4, -0.2) is 22.3 Å². The average Bonchev–Trinajstić information content (AvgIpc) is 2.18. The summed E-state index contributed by atoms with van der Waals surface area (Å²) in [5.41, 5.74) is 0.234. The number of aromatic nitrogens is 1. The number of rotatable bonds is 4. The van der Waals surface area contributed by atoms with Crippen LogP contribution in [-0.2, 0) is 0 Å². The summed E-state index contributed by atoms with van der Waals surface area (Å²) in [6, 6.07) is 2.66. The zero-order valence-electron chi connectivity index (χ0n) is 8.34. The topological polar surface area (TPSA) is 42.0 Å². The number of hydrogen-bond donors (Lipinski definition) is 1. The maximum atomic E-state index is 12.5. The molecule has 1 aromatic rings. The third-order valence-electron chi connectivity index (χ3n) is 1.88. The molecular formula is C10H12BrFN2O. The third kappa shape index (κ3) is 3.95. The molecular weight excluding hydrogens is 263 g/mol. The summed E-state index contributed by atoms with van der Waals surface area (Å²) >= 11 is 3.29. The van der Waals surface area contributed by atoms with Gasteiger partial charge < -0.3 is 5.32 Å². The highest BCUT2D eigenvalue weighted by atomic mass is 79.9. The lowest BCUT2D eigenvalue weighted by atomic mass is 10.2. The number of carbonyl (C=O) groups excluding carboxylic acids is 1. The van der Waals surface area contributed by atoms with Crippen molar-refractivity contribution in [2.75, 3.05) is 5.33 Å². The molecule has 0 saturated heterocycles. The quantitative estimate of drug-likeness (QED) is 0.855. The van der Waals surface area contributed by atoms with Crippen LogP contribution in [0.15, 0.2) is 18.3 Å². The number of hydrogen-bond acceptors (Lipinski definition) is 2. The van der Waals surface area contributed by atoms with Crippen molar-refractivity contribution in [1.82, 2.24) is 10.3 Å². The van der Waals surface area contributed by atoms with Crippen LogP contribution in [0.3, 0.4) is 0 Å². The van der Waals surface area contributed by atoms with Crippen LogP contribution in [0.4, 0.5) is 4.39 Å². The minimum atomic E-state index is -0.444. The highest BCUT2D eigenvalue weighted by Gasteiger charge is 2.10. The van der Waals surface area contributed by atoms with Crippen LogP contribution >= 0.6 is 15.9 Å². The minimum absolute atomic E-state index is 0.0729. The Kier molecular flexibility index (Phi) is 4.68. The Morgan fingerprint density at radius 1 is 1.67 bits per heavy atom. The van der Waals surface area contributed by atoms with Crippen molar-refractivity contribution in [3.8, 4) is 0 Å². The van der Waals surface area contributed by atoms with Crippen LogP contribution in [0.5, 0.6) is 0 Å². The van der Waals surface area contributed by atoms with Gasteiger partial charge in [0, 0.05) is 11.4 Å². The van der Waals surface area contributed by atoms with E-state index in [9.17, 15) is 9.18 Å². The first-order valence-corrected chi connectivity index (χ1v) is 5.74. The highest BCUT2D eigenvalue weighted by molar-refractivity contribution is 9.09. The number of alkyl halides is 1. The number of pyridine rings is 1. The smallest absolute Gasteiger partial charge is 0.270 e. The van der Waals surface area contributed by atoms with Gasteiger partial charge in [-0.15, -0.1) is 0 Å². The van der Waals surface area contributed by atoms with E-state index in [0.29, 0.717) is 0 Å². The van der Waals surface area contributed by atoms with Crippen molar-refractivity contribution in [1.29, 1.82) is 0 Å². The second-order valence-corrected chi connectivity index (χ2v) is 4.01. The van der Waals surface area contributed by atoms with Crippen molar-refractivity contribution in [2.24, 2.45) is 0 Å². The molecule has 5 heteroatoms. The maximum absolute atomic E-state index is 12.5. The van der Waals surface area contributed by atoms with Gasteiger partial charge in [-0.25, -0.2) is 9.37 Å². The monoisotopic (exact) mass is 274 g/mol. The van der Waals surface area contributed by atoms with E-state index < -0.39 is 5.82 Å².